The van der Waals surface area contributed by atoms with E-state index in [1.54, 1.807) is 0 Å². The average molecular weight is 249 g/mol. The van der Waals surface area contributed by atoms with E-state index in [4.69, 9.17) is 14.9 Å². The standard InChI is InChI=1S/C9H16NO5P/c11-9(12)8-6-7(3-4-10-8)2-1-5-16(13,14)15/h1,5,7-8,10H,2-4,6H2,(H,11,12)(H2,13,14,15)/b5-1+/t7-,8+/m1/s1. The van der Waals surface area contributed by atoms with E-state index in [-0.39, 0.29) is 5.92 Å². The van der Waals surface area contributed by atoms with Crippen molar-refractivity contribution in [2.24, 2.45) is 5.92 Å². The van der Waals surface area contributed by atoms with Crippen LogP contribution in [-0.2, 0) is 9.36 Å². The Kier molecular flexibility index (Phi) is 4.68. The highest BCUT2D eigenvalue weighted by molar-refractivity contribution is 7.55. The van der Waals surface area contributed by atoms with Gasteiger partial charge in [0.15, 0.2) is 0 Å². The molecule has 7 heteroatoms. The summed E-state index contributed by atoms with van der Waals surface area (Å²) < 4.78 is 10.5. The Morgan fingerprint density at radius 2 is 2.19 bits per heavy atom. The summed E-state index contributed by atoms with van der Waals surface area (Å²) in [5.74, 6) is 0.180. The molecule has 0 unspecified atom stereocenters. The van der Waals surface area contributed by atoms with Gasteiger partial charge in [0.25, 0.3) is 0 Å². The quantitative estimate of drug-likeness (QED) is 0.541. The summed E-state index contributed by atoms with van der Waals surface area (Å²) in [5.41, 5.74) is 0. The minimum atomic E-state index is -4.08. The van der Waals surface area contributed by atoms with E-state index in [0.717, 1.165) is 12.2 Å². The SMILES string of the molecule is O=C(O)[C@@H]1C[C@H](C/C=C/P(=O)(O)O)CCN1. The predicted octanol–water partition coefficient (Wildman–Crippen LogP) is 0.521. The van der Waals surface area contributed by atoms with Crippen molar-refractivity contribution in [3.63, 3.8) is 0 Å². The Bertz CT molecular complexity index is 324. The monoisotopic (exact) mass is 249 g/mol. The van der Waals surface area contributed by atoms with Gasteiger partial charge in [0, 0.05) is 5.82 Å². The zero-order valence-electron chi connectivity index (χ0n) is 8.74. The molecule has 0 bridgehead atoms. The average Bonchev–Trinajstić information content (AvgIpc) is 2.16. The molecule has 1 fully saturated rings. The molecule has 1 saturated heterocycles. The first-order chi connectivity index (χ1) is 7.38. The fourth-order valence-electron chi connectivity index (χ4n) is 1.79. The van der Waals surface area contributed by atoms with Gasteiger partial charge in [-0.3, -0.25) is 9.36 Å². The molecule has 0 radical (unpaired) electrons. The third-order valence-corrected chi connectivity index (χ3v) is 3.18. The Morgan fingerprint density at radius 3 is 2.75 bits per heavy atom. The molecule has 0 saturated carbocycles. The predicted molar refractivity (Wildman–Crippen MR) is 58.0 cm³/mol. The lowest BCUT2D eigenvalue weighted by atomic mass is 9.90. The van der Waals surface area contributed by atoms with Gasteiger partial charge in [0.05, 0.1) is 0 Å². The number of hydrogen-bond donors (Lipinski definition) is 4. The van der Waals surface area contributed by atoms with Crippen molar-refractivity contribution >= 4 is 13.6 Å². The number of aliphatic carboxylic acids is 1. The summed E-state index contributed by atoms with van der Waals surface area (Å²) in [6, 6.07) is -0.540. The van der Waals surface area contributed by atoms with Crippen LogP contribution in [0.5, 0.6) is 0 Å². The van der Waals surface area contributed by atoms with Gasteiger partial charge < -0.3 is 20.2 Å². The second-order valence-electron chi connectivity index (χ2n) is 3.94. The Labute approximate surface area is 93.5 Å². The number of rotatable bonds is 4. The van der Waals surface area contributed by atoms with Crippen molar-refractivity contribution in [2.45, 2.75) is 25.3 Å². The molecule has 0 aromatic rings. The summed E-state index contributed by atoms with van der Waals surface area (Å²) >= 11 is 0. The molecule has 2 atom stereocenters. The number of carboxylic acid groups (broad SMARTS) is 1. The largest absolute Gasteiger partial charge is 0.480 e. The molecule has 16 heavy (non-hydrogen) atoms. The van der Waals surface area contributed by atoms with Gasteiger partial charge in [-0.25, -0.2) is 0 Å². The number of carboxylic acids is 1. The lowest BCUT2D eigenvalue weighted by Gasteiger charge is -2.26. The minimum absolute atomic E-state index is 0.171. The molecule has 0 spiro atoms. The van der Waals surface area contributed by atoms with Crippen LogP contribution in [0.25, 0.3) is 0 Å². The number of hydrogen-bond acceptors (Lipinski definition) is 3. The highest BCUT2D eigenvalue weighted by atomic mass is 31.2. The van der Waals surface area contributed by atoms with Gasteiger partial charge in [-0.05, 0) is 31.7 Å². The van der Waals surface area contributed by atoms with Crippen LogP contribution < -0.4 is 5.32 Å². The minimum Gasteiger partial charge on any atom is -0.480 e. The molecule has 1 aliphatic heterocycles. The van der Waals surface area contributed by atoms with Crippen LogP contribution in [0.1, 0.15) is 19.3 Å². The van der Waals surface area contributed by atoms with Gasteiger partial charge in [-0.15, -0.1) is 0 Å². The van der Waals surface area contributed by atoms with E-state index in [9.17, 15) is 9.36 Å². The lowest BCUT2D eigenvalue weighted by molar-refractivity contribution is -0.140. The normalized spacial score (nSPS) is 27.1. The maximum Gasteiger partial charge on any atom is 0.348 e. The number of piperidine rings is 1. The number of allylic oxidation sites excluding steroid dienone is 1. The highest BCUT2D eigenvalue weighted by Gasteiger charge is 2.25. The van der Waals surface area contributed by atoms with Crippen molar-refractivity contribution in [3.8, 4) is 0 Å². The van der Waals surface area contributed by atoms with Crippen LogP contribution in [0, 0.1) is 5.92 Å². The molecule has 0 aromatic carbocycles. The van der Waals surface area contributed by atoms with Crippen LogP contribution in [0.2, 0.25) is 0 Å². The van der Waals surface area contributed by atoms with Gasteiger partial charge in [-0.2, -0.15) is 0 Å². The zero-order chi connectivity index (χ0) is 12.2. The van der Waals surface area contributed by atoms with Crippen LogP contribution in [-0.4, -0.2) is 33.4 Å². The van der Waals surface area contributed by atoms with E-state index in [1.807, 2.05) is 0 Å². The molecular formula is C9H16NO5P. The zero-order valence-corrected chi connectivity index (χ0v) is 9.64. The first kappa shape index (κ1) is 13.4. The second kappa shape index (κ2) is 5.59. The van der Waals surface area contributed by atoms with E-state index in [2.05, 4.69) is 5.32 Å². The van der Waals surface area contributed by atoms with Gasteiger partial charge >= 0.3 is 13.6 Å². The summed E-state index contributed by atoms with van der Waals surface area (Å²) in [6.07, 6.45) is 3.28. The molecule has 92 valence electrons. The van der Waals surface area contributed by atoms with E-state index in [0.29, 0.717) is 19.4 Å². The molecule has 1 aliphatic rings. The molecule has 4 N–H and O–H groups in total. The highest BCUT2D eigenvalue weighted by Crippen LogP contribution is 2.36. The molecule has 0 aromatic heterocycles. The maximum atomic E-state index is 10.7. The lowest BCUT2D eigenvalue weighted by Crippen LogP contribution is -2.43. The Hall–Kier alpha value is -0.680. The number of nitrogens with one attached hydrogen (secondary N) is 1. The van der Waals surface area contributed by atoms with Gasteiger partial charge in [0.2, 0.25) is 0 Å². The first-order valence-electron chi connectivity index (χ1n) is 5.07. The van der Waals surface area contributed by atoms with Crippen LogP contribution in [0.4, 0.5) is 0 Å². The second-order valence-corrected chi connectivity index (χ2v) is 5.42. The smallest absolute Gasteiger partial charge is 0.348 e. The maximum absolute atomic E-state index is 10.7. The third kappa shape index (κ3) is 4.90. The van der Waals surface area contributed by atoms with Gasteiger partial charge in [-0.1, -0.05) is 6.08 Å². The van der Waals surface area contributed by atoms with Crippen LogP contribution in [0.15, 0.2) is 11.9 Å². The molecule has 0 amide bonds. The molecule has 6 nitrogen and oxygen atoms in total. The Morgan fingerprint density at radius 1 is 1.50 bits per heavy atom. The molecule has 1 heterocycles. The molecule has 1 rings (SSSR count). The van der Waals surface area contributed by atoms with Crippen molar-refractivity contribution in [1.29, 1.82) is 0 Å². The first-order valence-corrected chi connectivity index (χ1v) is 6.76. The van der Waals surface area contributed by atoms with Crippen LogP contribution in [0.3, 0.4) is 0 Å². The van der Waals surface area contributed by atoms with Crippen molar-refractivity contribution in [1.82, 2.24) is 5.32 Å². The third-order valence-electron chi connectivity index (χ3n) is 2.58. The van der Waals surface area contributed by atoms with E-state index >= 15 is 0 Å². The Balaban J connectivity index is 2.41. The summed E-state index contributed by atoms with van der Waals surface area (Å²) in [5, 5.41) is 11.7. The van der Waals surface area contributed by atoms with Crippen LogP contribution >= 0.6 is 7.60 Å². The fourth-order valence-corrected chi connectivity index (χ4v) is 2.19. The van der Waals surface area contributed by atoms with Crippen molar-refractivity contribution in [3.05, 3.63) is 11.9 Å². The number of carbonyl (C=O) groups is 1. The fraction of sp³-hybridized carbons (Fsp3) is 0.667. The van der Waals surface area contributed by atoms with Crippen molar-refractivity contribution in [2.75, 3.05) is 6.54 Å². The molecular weight excluding hydrogens is 233 g/mol. The summed E-state index contributed by atoms with van der Waals surface area (Å²) in [7, 11) is -4.08. The summed E-state index contributed by atoms with van der Waals surface area (Å²) in [4.78, 5) is 27.9. The van der Waals surface area contributed by atoms with E-state index < -0.39 is 19.6 Å². The van der Waals surface area contributed by atoms with E-state index in [1.165, 1.54) is 6.08 Å². The van der Waals surface area contributed by atoms with Crippen molar-refractivity contribution < 1.29 is 24.3 Å². The summed E-state index contributed by atoms with van der Waals surface area (Å²) in [6.45, 7) is 0.630. The molecule has 0 aliphatic carbocycles. The topological polar surface area (TPSA) is 107 Å². The van der Waals surface area contributed by atoms with Gasteiger partial charge in [0.1, 0.15) is 6.04 Å².